The fraction of sp³-hybridized carbons (Fsp3) is 0.182. The number of benzene rings is 2. The maximum Gasteiger partial charge on any atom is 0.224 e. The van der Waals surface area contributed by atoms with Crippen molar-refractivity contribution in [3.05, 3.63) is 71.0 Å². The third-order valence-electron chi connectivity index (χ3n) is 4.90. The van der Waals surface area contributed by atoms with Crippen molar-refractivity contribution in [1.29, 1.82) is 5.26 Å². The second-order valence-corrected chi connectivity index (χ2v) is 6.75. The van der Waals surface area contributed by atoms with Crippen molar-refractivity contribution in [2.45, 2.75) is 26.7 Å². The van der Waals surface area contributed by atoms with Gasteiger partial charge in [0.25, 0.3) is 0 Å². The number of aryl methyl sites for hydroxylation is 2. The number of carbonyl (C=O) groups is 1. The molecule has 28 heavy (non-hydrogen) atoms. The molecule has 0 aliphatic heterocycles. The van der Waals surface area contributed by atoms with Gasteiger partial charge in [-0.2, -0.15) is 10.4 Å². The third-order valence-corrected chi connectivity index (χ3v) is 4.90. The van der Waals surface area contributed by atoms with E-state index in [1.807, 2.05) is 42.6 Å². The van der Waals surface area contributed by atoms with E-state index >= 15 is 0 Å². The fourth-order valence-electron chi connectivity index (χ4n) is 3.47. The van der Waals surface area contributed by atoms with Crippen molar-refractivity contribution >= 4 is 28.1 Å². The van der Waals surface area contributed by atoms with Gasteiger partial charge < -0.3 is 5.32 Å². The Bertz CT molecular complexity index is 1250. The van der Waals surface area contributed by atoms with Crippen molar-refractivity contribution < 1.29 is 4.79 Å². The fourth-order valence-corrected chi connectivity index (χ4v) is 3.47. The first-order chi connectivity index (χ1) is 13.6. The number of anilines is 1. The van der Waals surface area contributed by atoms with Gasteiger partial charge in [0, 0.05) is 28.9 Å². The van der Waals surface area contributed by atoms with Crippen LogP contribution in [0, 0.1) is 25.2 Å². The molecule has 0 saturated carbocycles. The summed E-state index contributed by atoms with van der Waals surface area (Å²) in [6.45, 7) is 3.98. The minimum atomic E-state index is -0.0976. The molecule has 0 atom stereocenters. The maximum absolute atomic E-state index is 12.4. The molecule has 2 aromatic carbocycles. The highest BCUT2D eigenvalue weighted by Crippen LogP contribution is 2.23. The molecule has 138 valence electrons. The van der Waals surface area contributed by atoms with Crippen LogP contribution in [0.25, 0.3) is 16.6 Å². The Labute approximate surface area is 162 Å². The van der Waals surface area contributed by atoms with Crippen LogP contribution in [-0.4, -0.2) is 20.5 Å². The van der Waals surface area contributed by atoms with Crippen LogP contribution in [0.2, 0.25) is 0 Å². The van der Waals surface area contributed by atoms with Crippen LogP contribution in [0.3, 0.4) is 0 Å². The molecule has 1 amide bonds. The maximum atomic E-state index is 12.4. The number of hydrogen-bond acceptors (Lipinski definition) is 4. The first kappa shape index (κ1) is 17.7. The molecule has 0 aliphatic rings. The second kappa shape index (κ2) is 7.12. The minimum Gasteiger partial charge on any atom is -0.326 e. The number of nitrogens with one attached hydrogen (secondary N) is 1. The average Bonchev–Trinajstić information content (AvgIpc) is 3.07. The lowest BCUT2D eigenvalue weighted by atomic mass is 10.1. The van der Waals surface area contributed by atoms with Gasteiger partial charge in [-0.25, -0.2) is 9.50 Å². The predicted molar refractivity (Wildman–Crippen MR) is 108 cm³/mol. The zero-order valence-corrected chi connectivity index (χ0v) is 15.7. The summed E-state index contributed by atoms with van der Waals surface area (Å²) < 4.78 is 1.86. The summed E-state index contributed by atoms with van der Waals surface area (Å²) in [5.74, 6) is -0.0976. The summed E-state index contributed by atoms with van der Waals surface area (Å²) in [7, 11) is 0. The number of nitrogens with zero attached hydrogens (tertiary/aromatic N) is 4. The molecule has 0 aliphatic carbocycles. The zero-order chi connectivity index (χ0) is 19.7. The lowest BCUT2D eigenvalue weighted by molar-refractivity contribution is -0.116. The number of rotatable bonds is 4. The molecule has 0 unspecified atom stereocenters. The van der Waals surface area contributed by atoms with Crippen molar-refractivity contribution in [2.75, 3.05) is 5.32 Å². The van der Waals surface area contributed by atoms with Crippen LogP contribution in [-0.2, 0) is 11.2 Å². The summed E-state index contributed by atoms with van der Waals surface area (Å²) in [6.07, 6.45) is 0.896. The Hall–Kier alpha value is -3.72. The van der Waals surface area contributed by atoms with Crippen LogP contribution < -0.4 is 5.32 Å². The van der Waals surface area contributed by atoms with Crippen LogP contribution >= 0.6 is 0 Å². The SMILES string of the molecule is Cc1nc2c3ccccc3nn2c(C)c1CCC(=O)Nc1cccc(C#N)c1. The molecule has 0 bridgehead atoms. The molecule has 2 aromatic heterocycles. The van der Waals surface area contributed by atoms with Crippen molar-refractivity contribution in [2.24, 2.45) is 0 Å². The van der Waals surface area contributed by atoms with Gasteiger partial charge in [-0.3, -0.25) is 4.79 Å². The highest BCUT2D eigenvalue weighted by atomic mass is 16.1. The van der Waals surface area contributed by atoms with Gasteiger partial charge in [0.2, 0.25) is 5.91 Å². The normalized spacial score (nSPS) is 10.9. The van der Waals surface area contributed by atoms with E-state index in [2.05, 4.69) is 16.5 Å². The highest BCUT2D eigenvalue weighted by molar-refractivity contribution is 5.92. The number of carbonyl (C=O) groups excluding carboxylic acids is 1. The minimum absolute atomic E-state index is 0.0976. The van der Waals surface area contributed by atoms with E-state index in [-0.39, 0.29) is 5.91 Å². The van der Waals surface area contributed by atoms with Crippen LogP contribution in [0.4, 0.5) is 5.69 Å². The van der Waals surface area contributed by atoms with E-state index in [4.69, 9.17) is 10.2 Å². The number of amides is 1. The first-order valence-corrected chi connectivity index (χ1v) is 9.10. The van der Waals surface area contributed by atoms with E-state index < -0.39 is 0 Å². The summed E-state index contributed by atoms with van der Waals surface area (Å²) in [5, 5.41) is 17.5. The molecule has 6 heteroatoms. The second-order valence-electron chi connectivity index (χ2n) is 6.75. The Morgan fingerprint density at radius 1 is 1.18 bits per heavy atom. The molecule has 4 rings (SSSR count). The Morgan fingerprint density at radius 3 is 2.82 bits per heavy atom. The molecule has 0 saturated heterocycles. The van der Waals surface area contributed by atoms with E-state index in [0.717, 1.165) is 33.5 Å². The van der Waals surface area contributed by atoms with Crippen molar-refractivity contribution in [3.63, 3.8) is 0 Å². The van der Waals surface area contributed by atoms with Gasteiger partial charge in [-0.05, 0) is 56.2 Å². The number of fused-ring (bicyclic) bond motifs is 3. The van der Waals surface area contributed by atoms with Crippen molar-refractivity contribution in [3.8, 4) is 6.07 Å². The zero-order valence-electron chi connectivity index (χ0n) is 15.7. The smallest absolute Gasteiger partial charge is 0.224 e. The highest BCUT2D eigenvalue weighted by Gasteiger charge is 2.15. The third kappa shape index (κ3) is 3.19. The van der Waals surface area contributed by atoms with Gasteiger partial charge in [0.15, 0.2) is 5.65 Å². The molecular formula is C22H19N5O. The number of aromatic nitrogens is 3. The summed E-state index contributed by atoms with van der Waals surface area (Å²) in [6, 6.07) is 16.9. The molecule has 6 nitrogen and oxygen atoms in total. The Kier molecular flexibility index (Phi) is 4.50. The molecule has 0 fully saturated rings. The summed E-state index contributed by atoms with van der Waals surface area (Å²) >= 11 is 0. The lowest BCUT2D eigenvalue weighted by Crippen LogP contribution is -2.14. The number of nitriles is 1. The van der Waals surface area contributed by atoms with Gasteiger partial charge in [-0.15, -0.1) is 0 Å². The quantitative estimate of drug-likeness (QED) is 0.590. The molecule has 4 aromatic rings. The predicted octanol–water partition coefficient (Wildman–Crippen LogP) is 3.94. The van der Waals surface area contributed by atoms with Gasteiger partial charge in [0.1, 0.15) is 0 Å². The number of hydrogen-bond donors (Lipinski definition) is 1. The van der Waals surface area contributed by atoms with Crippen LogP contribution in [0.1, 0.15) is 28.9 Å². The van der Waals surface area contributed by atoms with Gasteiger partial charge in [0.05, 0.1) is 17.1 Å². The monoisotopic (exact) mass is 369 g/mol. The van der Waals surface area contributed by atoms with Crippen LogP contribution in [0.15, 0.2) is 48.5 Å². The van der Waals surface area contributed by atoms with E-state index in [9.17, 15) is 4.79 Å². The van der Waals surface area contributed by atoms with E-state index in [1.54, 1.807) is 24.3 Å². The summed E-state index contributed by atoms with van der Waals surface area (Å²) in [4.78, 5) is 17.1. The van der Waals surface area contributed by atoms with Gasteiger partial charge in [-0.1, -0.05) is 18.2 Å². The molecular weight excluding hydrogens is 350 g/mol. The summed E-state index contributed by atoms with van der Waals surface area (Å²) in [5.41, 5.74) is 5.83. The van der Waals surface area contributed by atoms with E-state index in [1.165, 1.54) is 0 Å². The molecule has 0 radical (unpaired) electrons. The standard InChI is InChI=1S/C22H19N5O/c1-14-18(10-11-21(28)25-17-7-5-6-16(12-17)13-23)15(2)27-22(24-14)19-8-3-4-9-20(19)26-27/h3-9,12H,10-11H2,1-2H3,(H,25,28). The molecule has 2 heterocycles. The average molecular weight is 369 g/mol. The molecule has 1 N–H and O–H groups in total. The van der Waals surface area contributed by atoms with Crippen LogP contribution in [0.5, 0.6) is 0 Å². The first-order valence-electron chi connectivity index (χ1n) is 9.10. The van der Waals surface area contributed by atoms with E-state index in [0.29, 0.717) is 24.1 Å². The van der Waals surface area contributed by atoms with Gasteiger partial charge >= 0.3 is 0 Å². The van der Waals surface area contributed by atoms with Crippen molar-refractivity contribution in [1.82, 2.24) is 14.6 Å². The Balaban J connectivity index is 1.57. The molecule has 0 spiro atoms. The topological polar surface area (TPSA) is 83.1 Å². The lowest BCUT2D eigenvalue weighted by Gasteiger charge is -2.11. The largest absolute Gasteiger partial charge is 0.326 e. The Morgan fingerprint density at radius 2 is 2.00 bits per heavy atom.